The van der Waals surface area contributed by atoms with E-state index in [2.05, 4.69) is 16.0 Å². The largest absolute Gasteiger partial charge is 1.00 e. The smallest absolute Gasteiger partial charge is 0.428 e. The van der Waals surface area contributed by atoms with Crippen LogP contribution in [0.25, 0.3) is 21.9 Å². The molecule has 0 saturated carbocycles. The van der Waals surface area contributed by atoms with E-state index in [-0.39, 0.29) is 56.9 Å². The molecule has 0 aliphatic carbocycles. The minimum Gasteiger partial charge on any atom is -0.428 e. The molecule has 0 spiro atoms. The molecule has 5 heteroatoms. The molecule has 2 nitrogen and oxygen atoms in total. The van der Waals surface area contributed by atoms with Gasteiger partial charge in [-0.05, 0) is 6.07 Å². The van der Waals surface area contributed by atoms with Crippen molar-refractivity contribution in [2.45, 2.75) is 0 Å². The number of nitrogens with one attached hydrogen (secondary N) is 1. The van der Waals surface area contributed by atoms with Gasteiger partial charge in [-0.15, -0.1) is 0 Å². The molecular weight excluding hydrogens is 237 g/mol. The number of nitrogens with zero attached hydrogens (tertiary/aromatic N) is 1. The molecule has 0 bridgehead atoms. The van der Waals surface area contributed by atoms with Gasteiger partial charge in [-0.2, -0.15) is 0 Å². The van der Waals surface area contributed by atoms with Gasteiger partial charge < -0.3 is 4.98 Å². The van der Waals surface area contributed by atoms with Crippen LogP contribution >= 0.6 is 0 Å². The van der Waals surface area contributed by atoms with Gasteiger partial charge in [0.1, 0.15) is 11.6 Å². The number of rotatable bonds is 0. The molecule has 0 radical (unpaired) electrons. The number of pyridine rings is 1. The molecule has 1 aromatic carbocycles. The minimum absolute atomic E-state index is 0. The SMILES string of the molecule is Fc1cc(F)c2[nH]c3c[c-]cnc3c2c1.[K+]. The molecule has 0 fully saturated rings. The summed E-state index contributed by atoms with van der Waals surface area (Å²) in [5, 5.41) is 0.455. The van der Waals surface area contributed by atoms with Crippen LogP contribution in [0.15, 0.2) is 24.4 Å². The number of aromatic nitrogens is 2. The number of benzene rings is 1. The van der Waals surface area contributed by atoms with Crippen molar-refractivity contribution in [3.05, 3.63) is 42.1 Å². The Labute approximate surface area is 132 Å². The summed E-state index contributed by atoms with van der Waals surface area (Å²) in [7, 11) is 0. The number of H-pyrrole nitrogens is 1. The Hall–Kier alpha value is -0.334. The minimum atomic E-state index is -0.608. The van der Waals surface area contributed by atoms with Gasteiger partial charge in [-0.25, -0.2) is 20.9 Å². The first-order valence-electron chi connectivity index (χ1n) is 4.38. The van der Waals surface area contributed by atoms with Crippen LogP contribution in [0.4, 0.5) is 8.78 Å². The quantitative estimate of drug-likeness (QED) is 0.429. The molecule has 0 amide bonds. The molecule has 2 aromatic heterocycles. The van der Waals surface area contributed by atoms with E-state index < -0.39 is 11.6 Å². The zero-order chi connectivity index (χ0) is 10.4. The summed E-state index contributed by atoms with van der Waals surface area (Å²) in [6, 6.07) is 6.54. The molecule has 0 aliphatic rings. The van der Waals surface area contributed by atoms with E-state index in [4.69, 9.17) is 0 Å². The molecular formula is C11H5F2KN2. The standard InChI is InChI=1S/C11H5F2N2.K/c12-6-4-7-10(8(13)5-6)15-9-2-1-3-14-11(7)9;/h2-5,15H;/q-1;+1. The second kappa shape index (κ2) is 4.50. The van der Waals surface area contributed by atoms with E-state index in [1.54, 1.807) is 6.07 Å². The molecule has 3 aromatic rings. The predicted octanol–water partition coefficient (Wildman–Crippen LogP) is -0.202. The van der Waals surface area contributed by atoms with Gasteiger partial charge in [-0.1, -0.05) is 11.7 Å². The van der Waals surface area contributed by atoms with E-state index in [1.165, 1.54) is 12.3 Å². The Kier molecular flexibility index (Phi) is 3.41. The van der Waals surface area contributed by atoms with Crippen molar-refractivity contribution in [3.8, 4) is 0 Å². The van der Waals surface area contributed by atoms with Crippen molar-refractivity contribution in [2.24, 2.45) is 0 Å². The second-order valence-electron chi connectivity index (χ2n) is 3.27. The maximum atomic E-state index is 13.4. The van der Waals surface area contributed by atoms with Crippen LogP contribution in [0.2, 0.25) is 0 Å². The summed E-state index contributed by atoms with van der Waals surface area (Å²) >= 11 is 0. The molecule has 74 valence electrons. The fourth-order valence-corrected chi connectivity index (χ4v) is 1.69. The van der Waals surface area contributed by atoms with E-state index in [9.17, 15) is 8.78 Å². The van der Waals surface area contributed by atoms with Crippen LogP contribution in [-0.4, -0.2) is 9.97 Å². The molecule has 1 N–H and O–H groups in total. The van der Waals surface area contributed by atoms with Gasteiger partial charge in [0, 0.05) is 17.0 Å². The zero-order valence-electron chi connectivity index (χ0n) is 8.51. The maximum absolute atomic E-state index is 13.4. The van der Waals surface area contributed by atoms with Crippen LogP contribution in [0, 0.1) is 17.7 Å². The van der Waals surface area contributed by atoms with E-state index in [0.717, 1.165) is 6.07 Å². The number of hydrogen-bond donors (Lipinski definition) is 1. The summed E-state index contributed by atoms with van der Waals surface area (Å²) < 4.78 is 26.4. The van der Waals surface area contributed by atoms with E-state index in [1.807, 2.05) is 0 Å². The topological polar surface area (TPSA) is 28.7 Å². The van der Waals surface area contributed by atoms with Gasteiger partial charge in [0.15, 0.2) is 0 Å². The monoisotopic (exact) mass is 242 g/mol. The molecule has 0 atom stereocenters. The normalized spacial score (nSPS) is 10.6. The summed E-state index contributed by atoms with van der Waals surface area (Å²) in [6.07, 6.45) is 1.47. The first kappa shape index (κ1) is 12.1. The van der Waals surface area contributed by atoms with Crippen molar-refractivity contribution in [3.63, 3.8) is 0 Å². The fraction of sp³-hybridized carbons (Fsp3) is 0. The number of halogens is 2. The van der Waals surface area contributed by atoms with E-state index >= 15 is 0 Å². The van der Waals surface area contributed by atoms with Crippen molar-refractivity contribution in [1.82, 2.24) is 9.97 Å². The average Bonchev–Trinajstić information content (AvgIpc) is 2.57. The van der Waals surface area contributed by atoms with Gasteiger partial charge in [0.25, 0.3) is 0 Å². The number of hydrogen-bond acceptors (Lipinski definition) is 1. The molecule has 0 unspecified atom stereocenters. The van der Waals surface area contributed by atoms with Crippen LogP contribution in [0.5, 0.6) is 0 Å². The van der Waals surface area contributed by atoms with Crippen LogP contribution < -0.4 is 51.4 Å². The van der Waals surface area contributed by atoms with Crippen LogP contribution in [0.1, 0.15) is 0 Å². The molecule has 2 heterocycles. The summed E-state index contributed by atoms with van der Waals surface area (Å²) in [4.78, 5) is 6.87. The van der Waals surface area contributed by atoms with Gasteiger partial charge in [0.05, 0.1) is 5.52 Å². The van der Waals surface area contributed by atoms with Gasteiger partial charge in [-0.3, -0.25) is 4.98 Å². The van der Waals surface area contributed by atoms with Gasteiger partial charge in [0.2, 0.25) is 0 Å². The first-order valence-corrected chi connectivity index (χ1v) is 4.38. The fourth-order valence-electron chi connectivity index (χ4n) is 1.69. The molecule has 0 saturated heterocycles. The predicted molar refractivity (Wildman–Crippen MR) is 52.4 cm³/mol. The molecule has 16 heavy (non-hydrogen) atoms. The first-order chi connectivity index (χ1) is 7.25. The molecule has 3 rings (SSSR count). The average molecular weight is 242 g/mol. The van der Waals surface area contributed by atoms with Crippen LogP contribution in [-0.2, 0) is 0 Å². The summed E-state index contributed by atoms with van der Waals surface area (Å²) in [5.41, 5.74) is 1.48. The third kappa shape index (κ3) is 1.82. The zero-order valence-corrected chi connectivity index (χ0v) is 11.6. The third-order valence-corrected chi connectivity index (χ3v) is 2.32. The van der Waals surface area contributed by atoms with Gasteiger partial charge >= 0.3 is 51.4 Å². The third-order valence-electron chi connectivity index (χ3n) is 2.32. The van der Waals surface area contributed by atoms with Crippen molar-refractivity contribution < 1.29 is 60.2 Å². The number of fused-ring (bicyclic) bond motifs is 3. The Bertz CT molecular complexity index is 663. The maximum Gasteiger partial charge on any atom is 1.00 e. The summed E-state index contributed by atoms with van der Waals surface area (Å²) in [6.45, 7) is 0. The van der Waals surface area contributed by atoms with E-state index in [0.29, 0.717) is 16.4 Å². The molecule has 0 aliphatic heterocycles. The van der Waals surface area contributed by atoms with Crippen molar-refractivity contribution in [1.29, 1.82) is 0 Å². The Balaban J connectivity index is 0.000000963. The Morgan fingerprint density at radius 1 is 1.25 bits per heavy atom. The van der Waals surface area contributed by atoms with Crippen LogP contribution in [0.3, 0.4) is 0 Å². The summed E-state index contributed by atoms with van der Waals surface area (Å²) in [5.74, 6) is -1.21. The number of aromatic amines is 1. The van der Waals surface area contributed by atoms with Crippen molar-refractivity contribution in [2.75, 3.05) is 0 Å². The second-order valence-corrected chi connectivity index (χ2v) is 3.27. The Morgan fingerprint density at radius 2 is 2.06 bits per heavy atom. The van der Waals surface area contributed by atoms with Crippen molar-refractivity contribution >= 4 is 21.9 Å². The Morgan fingerprint density at radius 3 is 2.88 bits per heavy atom.